The molecule has 3 rings (SSSR count). The molecule has 3 heteroatoms. The third kappa shape index (κ3) is 2.62. The van der Waals surface area contributed by atoms with E-state index in [0.29, 0.717) is 5.58 Å². The highest BCUT2D eigenvalue weighted by atomic mass is 16.4. The van der Waals surface area contributed by atoms with E-state index in [-0.39, 0.29) is 11.0 Å². The zero-order chi connectivity index (χ0) is 15.9. The number of hydrogen-bond acceptors (Lipinski definition) is 2. The van der Waals surface area contributed by atoms with Gasteiger partial charge in [-0.15, -0.1) is 0 Å². The first kappa shape index (κ1) is 14.4. The van der Waals surface area contributed by atoms with Crippen LogP contribution < -0.4 is 0 Å². The van der Waals surface area contributed by atoms with Gasteiger partial charge in [0.05, 0.1) is 5.56 Å². The number of carboxylic acid groups (broad SMARTS) is 1. The van der Waals surface area contributed by atoms with E-state index in [2.05, 4.69) is 32.9 Å². The highest BCUT2D eigenvalue weighted by Gasteiger charge is 2.14. The highest BCUT2D eigenvalue weighted by molar-refractivity contribution is 5.93. The molecule has 0 saturated carbocycles. The van der Waals surface area contributed by atoms with Crippen molar-refractivity contribution in [3.63, 3.8) is 0 Å². The predicted octanol–water partition coefficient (Wildman–Crippen LogP) is 5.10. The summed E-state index contributed by atoms with van der Waals surface area (Å²) in [4.78, 5) is 11.0. The molecular weight excluding hydrogens is 276 g/mol. The van der Waals surface area contributed by atoms with Crippen LogP contribution in [0.2, 0.25) is 0 Å². The number of furan rings is 1. The minimum absolute atomic E-state index is 0.114. The zero-order valence-corrected chi connectivity index (χ0v) is 12.9. The van der Waals surface area contributed by atoms with Crippen molar-refractivity contribution in [2.75, 3.05) is 0 Å². The normalized spacial score (nSPS) is 11.8. The van der Waals surface area contributed by atoms with Gasteiger partial charge in [-0.25, -0.2) is 4.79 Å². The van der Waals surface area contributed by atoms with Crippen LogP contribution in [0.25, 0.3) is 22.3 Å². The Morgan fingerprint density at radius 2 is 1.68 bits per heavy atom. The molecule has 1 N–H and O–H groups in total. The molecule has 0 aliphatic carbocycles. The van der Waals surface area contributed by atoms with Crippen molar-refractivity contribution in [2.24, 2.45) is 0 Å². The van der Waals surface area contributed by atoms with Crippen molar-refractivity contribution < 1.29 is 14.3 Å². The van der Waals surface area contributed by atoms with Gasteiger partial charge in [-0.2, -0.15) is 0 Å². The van der Waals surface area contributed by atoms with Crippen LogP contribution in [0, 0.1) is 0 Å². The summed E-state index contributed by atoms with van der Waals surface area (Å²) in [6.07, 6.45) is 0. The van der Waals surface area contributed by atoms with Crippen LogP contribution in [0.4, 0.5) is 0 Å². The molecule has 0 fully saturated rings. The first-order chi connectivity index (χ1) is 10.3. The molecule has 1 heterocycles. The van der Waals surface area contributed by atoms with Gasteiger partial charge < -0.3 is 9.52 Å². The number of benzene rings is 2. The molecule has 3 aromatic rings. The molecule has 0 radical (unpaired) electrons. The second kappa shape index (κ2) is 5.02. The van der Waals surface area contributed by atoms with Gasteiger partial charge in [-0.1, -0.05) is 51.1 Å². The Morgan fingerprint density at radius 1 is 1.00 bits per heavy atom. The number of carbonyl (C=O) groups is 1. The molecule has 0 saturated heterocycles. The lowest BCUT2D eigenvalue weighted by Crippen LogP contribution is -2.10. The maximum absolute atomic E-state index is 11.0. The third-order valence-corrected chi connectivity index (χ3v) is 3.80. The van der Waals surface area contributed by atoms with Crippen LogP contribution in [0.3, 0.4) is 0 Å². The van der Waals surface area contributed by atoms with Crippen LogP contribution in [-0.4, -0.2) is 11.1 Å². The standard InChI is InChI=1S/C19H18O3/c1-19(2,3)15-8-6-12(7-9-15)16-10-13-4-5-14(18(20)21)11-17(13)22-16/h4-11H,1-3H3,(H,20,21). The summed E-state index contributed by atoms with van der Waals surface area (Å²) in [6, 6.07) is 15.1. The fourth-order valence-electron chi connectivity index (χ4n) is 2.44. The minimum atomic E-state index is -0.950. The van der Waals surface area contributed by atoms with Gasteiger partial charge in [0.25, 0.3) is 0 Å². The molecule has 22 heavy (non-hydrogen) atoms. The Kier molecular flexibility index (Phi) is 3.28. The zero-order valence-electron chi connectivity index (χ0n) is 12.9. The molecule has 0 spiro atoms. The highest BCUT2D eigenvalue weighted by Crippen LogP contribution is 2.30. The van der Waals surface area contributed by atoms with Crippen molar-refractivity contribution in [3.05, 3.63) is 59.7 Å². The second-order valence-corrected chi connectivity index (χ2v) is 6.50. The quantitative estimate of drug-likeness (QED) is 0.715. The van der Waals surface area contributed by atoms with E-state index in [1.807, 2.05) is 18.2 Å². The molecule has 1 aromatic heterocycles. The topological polar surface area (TPSA) is 50.4 Å². The van der Waals surface area contributed by atoms with Crippen LogP contribution in [-0.2, 0) is 5.41 Å². The Hall–Kier alpha value is -2.55. The maximum Gasteiger partial charge on any atom is 0.335 e. The molecule has 2 aromatic carbocycles. The molecule has 0 aliphatic heterocycles. The van der Waals surface area contributed by atoms with Crippen LogP contribution in [0.1, 0.15) is 36.7 Å². The van der Waals surface area contributed by atoms with Crippen molar-refractivity contribution in [2.45, 2.75) is 26.2 Å². The van der Waals surface area contributed by atoms with Crippen molar-refractivity contribution in [1.29, 1.82) is 0 Å². The third-order valence-electron chi connectivity index (χ3n) is 3.80. The molecule has 0 aliphatic rings. The Balaban J connectivity index is 2.01. The fraction of sp³-hybridized carbons (Fsp3) is 0.211. The molecule has 0 unspecified atom stereocenters. The summed E-state index contributed by atoms with van der Waals surface area (Å²) in [7, 11) is 0. The summed E-state index contributed by atoms with van der Waals surface area (Å²) in [5.74, 6) is -0.202. The average Bonchev–Trinajstić information content (AvgIpc) is 2.89. The summed E-state index contributed by atoms with van der Waals surface area (Å²) in [5.41, 5.74) is 3.19. The Morgan fingerprint density at radius 3 is 2.27 bits per heavy atom. The summed E-state index contributed by atoms with van der Waals surface area (Å²) < 4.78 is 5.81. The van der Waals surface area contributed by atoms with E-state index in [9.17, 15) is 4.79 Å². The van der Waals surface area contributed by atoms with E-state index in [1.165, 1.54) is 5.56 Å². The molecule has 0 bridgehead atoms. The summed E-state index contributed by atoms with van der Waals surface area (Å²) >= 11 is 0. The number of fused-ring (bicyclic) bond motifs is 1. The molecule has 112 valence electrons. The molecule has 0 atom stereocenters. The number of carboxylic acids is 1. The first-order valence-corrected chi connectivity index (χ1v) is 7.22. The smallest absolute Gasteiger partial charge is 0.335 e. The lowest BCUT2D eigenvalue weighted by molar-refractivity contribution is 0.0697. The van der Waals surface area contributed by atoms with E-state index in [0.717, 1.165) is 16.7 Å². The molecule has 0 amide bonds. The largest absolute Gasteiger partial charge is 0.478 e. The van der Waals surface area contributed by atoms with Gasteiger partial charge in [-0.05, 0) is 29.2 Å². The van der Waals surface area contributed by atoms with E-state index < -0.39 is 5.97 Å². The van der Waals surface area contributed by atoms with Gasteiger partial charge >= 0.3 is 5.97 Å². The maximum atomic E-state index is 11.0. The Labute approximate surface area is 129 Å². The van der Waals surface area contributed by atoms with Gasteiger partial charge in [-0.3, -0.25) is 0 Å². The Bertz CT molecular complexity index is 833. The van der Waals surface area contributed by atoms with E-state index in [1.54, 1.807) is 18.2 Å². The van der Waals surface area contributed by atoms with E-state index in [4.69, 9.17) is 9.52 Å². The van der Waals surface area contributed by atoms with Crippen molar-refractivity contribution in [1.82, 2.24) is 0 Å². The summed E-state index contributed by atoms with van der Waals surface area (Å²) in [6.45, 7) is 6.53. The second-order valence-electron chi connectivity index (χ2n) is 6.50. The number of aromatic carboxylic acids is 1. The van der Waals surface area contributed by atoms with Crippen LogP contribution >= 0.6 is 0 Å². The lowest BCUT2D eigenvalue weighted by Gasteiger charge is -2.18. The number of hydrogen-bond donors (Lipinski definition) is 1. The lowest BCUT2D eigenvalue weighted by atomic mass is 9.86. The summed E-state index contributed by atoms with van der Waals surface area (Å²) in [5, 5.41) is 9.94. The molecular formula is C19H18O3. The van der Waals surface area contributed by atoms with Crippen molar-refractivity contribution >= 4 is 16.9 Å². The minimum Gasteiger partial charge on any atom is -0.478 e. The number of rotatable bonds is 2. The SMILES string of the molecule is CC(C)(C)c1ccc(-c2cc3ccc(C(=O)O)cc3o2)cc1. The van der Waals surface area contributed by atoms with E-state index >= 15 is 0 Å². The van der Waals surface area contributed by atoms with Crippen molar-refractivity contribution in [3.8, 4) is 11.3 Å². The average molecular weight is 294 g/mol. The van der Waals surface area contributed by atoms with Gasteiger partial charge in [0.15, 0.2) is 0 Å². The monoisotopic (exact) mass is 294 g/mol. The van der Waals surface area contributed by atoms with Crippen LogP contribution in [0.5, 0.6) is 0 Å². The van der Waals surface area contributed by atoms with Gasteiger partial charge in [0, 0.05) is 10.9 Å². The molecule has 3 nitrogen and oxygen atoms in total. The first-order valence-electron chi connectivity index (χ1n) is 7.22. The van der Waals surface area contributed by atoms with Crippen LogP contribution in [0.15, 0.2) is 52.9 Å². The fourth-order valence-corrected chi connectivity index (χ4v) is 2.44. The van der Waals surface area contributed by atoms with Gasteiger partial charge in [0.1, 0.15) is 11.3 Å². The predicted molar refractivity (Wildman–Crippen MR) is 87.3 cm³/mol. The van der Waals surface area contributed by atoms with Gasteiger partial charge in [0.2, 0.25) is 0 Å².